The lowest BCUT2D eigenvalue weighted by Crippen LogP contribution is -2.25. The van der Waals surface area contributed by atoms with Gasteiger partial charge in [-0.25, -0.2) is 4.21 Å². The highest BCUT2D eigenvalue weighted by Crippen LogP contribution is 2.24. The molecule has 1 rings (SSSR count). The van der Waals surface area contributed by atoms with Gasteiger partial charge in [0.05, 0.1) is 4.91 Å². The molecule has 0 heterocycles. The normalized spacial score (nSPS) is 15.1. The average Bonchev–Trinajstić information content (AvgIpc) is 2.60. The fourth-order valence-electron chi connectivity index (χ4n) is 1.38. The zero-order valence-electron chi connectivity index (χ0n) is 17.0. The van der Waals surface area contributed by atoms with Crippen LogP contribution in [0.2, 0.25) is 0 Å². The van der Waals surface area contributed by atoms with Gasteiger partial charge in [-0.3, -0.25) is 9.52 Å². The Morgan fingerprint density at radius 2 is 1.62 bits per heavy atom. The van der Waals surface area contributed by atoms with Crippen LogP contribution in [0.4, 0.5) is 0 Å². The van der Waals surface area contributed by atoms with Crippen molar-refractivity contribution in [3.8, 4) is 0 Å². The van der Waals surface area contributed by atoms with E-state index in [1.807, 2.05) is 47.6 Å². The molecule has 0 aromatic heterocycles. The van der Waals surface area contributed by atoms with Crippen LogP contribution < -0.4 is 4.72 Å². The third kappa shape index (κ3) is 17.2. The lowest BCUT2D eigenvalue weighted by molar-refractivity contribution is -0.118. The van der Waals surface area contributed by atoms with Crippen molar-refractivity contribution in [3.05, 3.63) is 35.3 Å². The number of rotatable bonds is 5. The first kappa shape index (κ1) is 27.7. The van der Waals surface area contributed by atoms with E-state index in [4.69, 9.17) is 0 Å². The molecule has 0 radical (unpaired) electrons. The Hall–Kier alpha value is -1.16. The van der Waals surface area contributed by atoms with Gasteiger partial charge in [0.1, 0.15) is 0 Å². The number of hydrogen-bond donors (Lipinski definition) is 1. The Morgan fingerprint density at radius 1 is 1.12 bits per heavy atom. The highest BCUT2D eigenvalue weighted by atomic mass is 32.2. The molecule has 3 nitrogen and oxygen atoms in total. The number of nitrogens with one attached hydrogen (secondary N) is 1. The van der Waals surface area contributed by atoms with E-state index in [2.05, 4.69) is 11.6 Å². The zero-order valence-corrected chi connectivity index (χ0v) is 17.8. The van der Waals surface area contributed by atoms with Crippen molar-refractivity contribution in [2.75, 3.05) is 0 Å². The van der Waals surface area contributed by atoms with E-state index in [-0.39, 0.29) is 5.91 Å². The second kappa shape index (κ2) is 21.8. The van der Waals surface area contributed by atoms with Crippen LogP contribution in [0.3, 0.4) is 0 Å². The number of carbonyl (C=O) groups is 1. The summed E-state index contributed by atoms with van der Waals surface area (Å²) >= 11 is 0. The predicted molar refractivity (Wildman–Crippen MR) is 110 cm³/mol. The van der Waals surface area contributed by atoms with Crippen molar-refractivity contribution in [1.29, 1.82) is 0 Å². The van der Waals surface area contributed by atoms with E-state index >= 15 is 0 Å². The molecule has 0 aromatic rings. The van der Waals surface area contributed by atoms with Crippen molar-refractivity contribution < 1.29 is 9.00 Å². The molecular formula is C20H39NO2S. The fourth-order valence-corrected chi connectivity index (χ4v) is 2.31. The Bertz CT molecular complexity index is 394. The summed E-state index contributed by atoms with van der Waals surface area (Å²) in [6.45, 7) is 15.7. The van der Waals surface area contributed by atoms with Crippen molar-refractivity contribution >= 4 is 16.9 Å². The van der Waals surface area contributed by atoms with Crippen molar-refractivity contribution in [2.24, 2.45) is 5.92 Å². The van der Waals surface area contributed by atoms with Gasteiger partial charge in [0.25, 0.3) is 0 Å². The van der Waals surface area contributed by atoms with E-state index in [9.17, 15) is 9.00 Å². The maximum Gasteiger partial charge on any atom is 0.231 e. The lowest BCUT2D eigenvalue weighted by Gasteiger charge is -2.18. The summed E-state index contributed by atoms with van der Waals surface area (Å²) in [7, 11) is -1.47. The number of amides is 1. The van der Waals surface area contributed by atoms with E-state index in [0.29, 0.717) is 11.3 Å². The second-order valence-electron chi connectivity index (χ2n) is 4.78. The van der Waals surface area contributed by atoms with Crippen LogP contribution in [0.1, 0.15) is 81.1 Å². The molecule has 0 aromatic carbocycles. The van der Waals surface area contributed by atoms with Gasteiger partial charge in [-0.1, -0.05) is 79.0 Å². The highest BCUT2D eigenvalue weighted by molar-refractivity contribution is 7.87. The molecule has 4 heteroatoms. The lowest BCUT2D eigenvalue weighted by atomic mass is 9.88. The topological polar surface area (TPSA) is 46.2 Å². The van der Waals surface area contributed by atoms with Crippen molar-refractivity contribution in [2.45, 2.75) is 81.1 Å². The highest BCUT2D eigenvalue weighted by Gasteiger charge is 2.09. The second-order valence-corrected chi connectivity index (χ2v) is 5.99. The fraction of sp³-hybridized carbons (Fsp3) is 0.650. The van der Waals surface area contributed by atoms with Gasteiger partial charge in [0.2, 0.25) is 5.91 Å². The summed E-state index contributed by atoms with van der Waals surface area (Å²) in [4.78, 5) is 11.6. The third-order valence-electron chi connectivity index (χ3n) is 2.92. The zero-order chi connectivity index (χ0) is 19.4. The molecule has 1 saturated carbocycles. The summed E-state index contributed by atoms with van der Waals surface area (Å²) in [6.07, 6.45) is 13.6. The van der Waals surface area contributed by atoms with Gasteiger partial charge in [0.15, 0.2) is 11.0 Å². The molecule has 1 fully saturated rings. The summed E-state index contributed by atoms with van der Waals surface area (Å²) in [6, 6.07) is 0. The van der Waals surface area contributed by atoms with E-state index < -0.39 is 11.0 Å². The summed E-state index contributed by atoms with van der Waals surface area (Å²) < 4.78 is 14.0. The van der Waals surface area contributed by atoms with Crippen LogP contribution in [-0.2, 0) is 15.8 Å². The van der Waals surface area contributed by atoms with Crippen LogP contribution in [0.5, 0.6) is 0 Å². The van der Waals surface area contributed by atoms with E-state index in [1.54, 1.807) is 31.2 Å². The van der Waals surface area contributed by atoms with Crippen LogP contribution in [0.25, 0.3) is 0 Å². The van der Waals surface area contributed by atoms with E-state index in [1.165, 1.54) is 19.3 Å². The summed E-state index contributed by atoms with van der Waals surface area (Å²) in [5.74, 6) is 0.846. The van der Waals surface area contributed by atoms with Crippen LogP contribution in [0.15, 0.2) is 35.3 Å². The van der Waals surface area contributed by atoms with Gasteiger partial charge in [-0.05, 0) is 31.9 Å². The van der Waals surface area contributed by atoms with Crippen LogP contribution in [-0.4, -0.2) is 10.1 Å². The molecule has 0 bridgehead atoms. The van der Waals surface area contributed by atoms with Gasteiger partial charge in [-0.2, -0.15) is 0 Å². The molecule has 1 aliphatic rings. The predicted octanol–water partition coefficient (Wildman–Crippen LogP) is 6.07. The summed E-state index contributed by atoms with van der Waals surface area (Å²) in [5, 5.41) is 0. The molecule has 0 saturated heterocycles. The molecule has 1 atom stereocenters. The van der Waals surface area contributed by atoms with Crippen LogP contribution >= 0.6 is 0 Å². The molecule has 0 spiro atoms. The number of hydrogen-bond acceptors (Lipinski definition) is 2. The Morgan fingerprint density at radius 3 is 1.92 bits per heavy atom. The molecule has 1 unspecified atom stereocenters. The Kier molecular flexibility index (Phi) is 25.2. The third-order valence-corrected chi connectivity index (χ3v) is 4.03. The number of allylic oxidation sites excluding steroid dienone is 5. The largest absolute Gasteiger partial charge is 0.274 e. The first-order valence-electron chi connectivity index (χ1n) is 9.22. The van der Waals surface area contributed by atoms with Crippen molar-refractivity contribution in [1.82, 2.24) is 4.72 Å². The Labute approximate surface area is 153 Å². The molecule has 142 valence electrons. The number of carbonyl (C=O) groups excluding carboxylic acids is 1. The smallest absolute Gasteiger partial charge is 0.231 e. The van der Waals surface area contributed by atoms with Gasteiger partial charge in [0, 0.05) is 6.42 Å². The first-order valence-corrected chi connectivity index (χ1v) is 10.4. The van der Waals surface area contributed by atoms with Crippen LogP contribution in [0, 0.1) is 5.92 Å². The average molecular weight is 358 g/mol. The Balaban J connectivity index is -0.000000401. The van der Waals surface area contributed by atoms with Gasteiger partial charge in [-0.15, -0.1) is 0 Å². The maximum absolute atomic E-state index is 11.6. The molecule has 1 aliphatic carbocycles. The minimum absolute atomic E-state index is 0.218. The van der Waals surface area contributed by atoms with Gasteiger partial charge >= 0.3 is 0 Å². The SMILES string of the molecule is CC.CC.CC1CCC1.C\C=C/C=C(\C=C/C)S(=O)NC(=O)CC. The first-order chi connectivity index (χ1) is 11.5. The minimum atomic E-state index is -1.47. The van der Waals surface area contributed by atoms with E-state index in [0.717, 1.165) is 5.92 Å². The minimum Gasteiger partial charge on any atom is -0.274 e. The van der Waals surface area contributed by atoms with Crippen molar-refractivity contribution in [3.63, 3.8) is 0 Å². The quantitative estimate of drug-likeness (QED) is 0.607. The monoisotopic (exact) mass is 357 g/mol. The standard InChI is InChI=1S/C11H17NO2S.C5H10.2C2H6/c1-4-7-9-10(8-5-2)15(14)12-11(13)6-3;1-5-3-2-4-5;2*1-2/h4-5,7-9H,6H2,1-3H3,(H,12,13);5H,2-4H2,1H3;2*1-2H3/b7-4-,8-5-,10-9+;;;. The molecule has 1 amide bonds. The summed E-state index contributed by atoms with van der Waals surface area (Å²) in [5.41, 5.74) is 0. The molecule has 24 heavy (non-hydrogen) atoms. The molecular weight excluding hydrogens is 318 g/mol. The maximum atomic E-state index is 11.6. The van der Waals surface area contributed by atoms with Gasteiger partial charge < -0.3 is 0 Å². The molecule has 0 aliphatic heterocycles. The molecule has 1 N–H and O–H groups in total.